The Hall–Kier alpha value is -11.4. The predicted octanol–water partition coefficient (Wildman–Crippen LogP) is 16.5. The van der Waals surface area contributed by atoms with Crippen molar-refractivity contribution in [2.24, 2.45) is 0 Å². The number of hydrogen-bond acceptors (Lipinski definition) is 6. The molecule has 0 N–H and O–H groups in total. The summed E-state index contributed by atoms with van der Waals surface area (Å²) in [5, 5.41) is 2.43. The monoisotopic (exact) mass is 1110 g/mol. The quantitative estimate of drug-likeness (QED) is 0.134. The van der Waals surface area contributed by atoms with Crippen LogP contribution in [0, 0.1) is 0 Å². The summed E-state index contributed by atoms with van der Waals surface area (Å²) in [5.74, 6) is 3.31. The molecule has 0 amide bonds. The average Bonchev–Trinajstić information content (AvgIpc) is 1.30. The number of nitrogens with zero attached hydrogens (tertiary/aromatic N) is 5. The van der Waals surface area contributed by atoms with Gasteiger partial charge in [0.1, 0.15) is 23.0 Å². The molecule has 4 aliphatic heterocycles. The zero-order valence-electron chi connectivity index (χ0n) is 47.2. The molecule has 13 aromatic carbocycles. The maximum absolute atomic E-state index is 7.60. The molecule has 9 heteroatoms. The first-order valence-electron chi connectivity index (χ1n) is 29.8. The molecular formula is C78H51B2N5O2. The van der Waals surface area contributed by atoms with Crippen molar-refractivity contribution in [2.45, 2.75) is 0 Å². The number of fused-ring (bicyclic) bond motifs is 11. The van der Waals surface area contributed by atoms with Crippen LogP contribution in [0.15, 0.2) is 309 Å². The predicted molar refractivity (Wildman–Crippen MR) is 362 cm³/mol. The molecule has 4 aliphatic rings. The van der Waals surface area contributed by atoms with E-state index in [9.17, 15) is 0 Å². The van der Waals surface area contributed by atoms with Crippen LogP contribution in [0.25, 0.3) is 27.5 Å². The number of aromatic nitrogens is 1. The third-order valence-electron chi connectivity index (χ3n) is 18.0. The van der Waals surface area contributed by atoms with Crippen molar-refractivity contribution < 1.29 is 9.47 Å². The summed E-state index contributed by atoms with van der Waals surface area (Å²) in [5.41, 5.74) is 22.7. The lowest BCUT2D eigenvalue weighted by molar-refractivity contribution is 0.487. The standard InChI is InChI=1S/C78H51B2N5O2/c1-7-25-52(26-8-1)81(53-27-9-2-10-28-53)59-45-71-77-75(48-59)86-73-42-24-21-39-63(73)79(77)65-50-66-70(51-69(65)83(71)56-33-15-5-16-34-56)84(57-35-17-6-18-36-57)72-46-60(82(54-29-11-3-12-30-54)55-31-13-4-14-32-55)49-76-78(72)80(66)64-44-43-58(47-74(64)87-76)85-67-40-22-19-37-61(67)62-38-20-23-41-68(62)85/h1-51H. The van der Waals surface area contributed by atoms with E-state index in [0.717, 1.165) is 130 Å². The summed E-state index contributed by atoms with van der Waals surface area (Å²) in [6, 6.07) is 112. The first kappa shape index (κ1) is 49.1. The third kappa shape index (κ3) is 7.66. The molecule has 7 nitrogen and oxygen atoms in total. The second kappa shape index (κ2) is 19.6. The number of ether oxygens (including phenoxy) is 2. The Balaban J connectivity index is 0.931. The molecule has 1 aromatic heterocycles. The fraction of sp³-hybridized carbons (Fsp3) is 0. The first-order valence-corrected chi connectivity index (χ1v) is 29.8. The summed E-state index contributed by atoms with van der Waals surface area (Å²) in [7, 11) is 0. The van der Waals surface area contributed by atoms with Gasteiger partial charge in [-0.3, -0.25) is 0 Å². The van der Waals surface area contributed by atoms with Crippen LogP contribution in [0.5, 0.6) is 23.0 Å². The molecule has 87 heavy (non-hydrogen) atoms. The lowest BCUT2D eigenvalue weighted by Crippen LogP contribution is -2.63. The van der Waals surface area contributed by atoms with Gasteiger partial charge in [0.25, 0.3) is 13.4 Å². The van der Waals surface area contributed by atoms with Gasteiger partial charge in [-0.2, -0.15) is 0 Å². The van der Waals surface area contributed by atoms with Crippen LogP contribution in [0.2, 0.25) is 0 Å². The molecule has 0 bridgehead atoms. The number of hydrogen-bond donors (Lipinski definition) is 0. The zero-order chi connectivity index (χ0) is 57.1. The minimum Gasteiger partial charge on any atom is -0.458 e. The van der Waals surface area contributed by atoms with Crippen molar-refractivity contribution in [3.63, 3.8) is 0 Å². The smallest absolute Gasteiger partial charge is 0.256 e. The van der Waals surface area contributed by atoms with Crippen molar-refractivity contribution in [3.8, 4) is 28.7 Å². The van der Waals surface area contributed by atoms with E-state index < -0.39 is 0 Å². The Bertz CT molecular complexity index is 4900. The van der Waals surface area contributed by atoms with Gasteiger partial charge >= 0.3 is 0 Å². The molecular weight excluding hydrogens is 1060 g/mol. The average molecular weight is 1110 g/mol. The van der Waals surface area contributed by atoms with Crippen LogP contribution >= 0.6 is 0 Å². The largest absolute Gasteiger partial charge is 0.458 e. The second-order valence-corrected chi connectivity index (χ2v) is 22.8. The zero-order valence-corrected chi connectivity index (χ0v) is 47.2. The topological polar surface area (TPSA) is 36.4 Å². The SMILES string of the molecule is c1ccc(N(c2ccccc2)c2cc3c4c(c2)N(c2ccccc2)c2cc5c(cc2B4c2ccccc2O3)B2c3ccc(-n4c6ccccc6c6ccccc64)cc3Oc3cc(N(c4ccccc4)c4ccccc4)cc(c32)N5c2ccccc2)cc1. The number of anilines is 12. The highest BCUT2D eigenvalue weighted by atomic mass is 16.5. The van der Waals surface area contributed by atoms with E-state index in [-0.39, 0.29) is 13.4 Å². The van der Waals surface area contributed by atoms with Gasteiger partial charge in [0.15, 0.2) is 0 Å². The van der Waals surface area contributed by atoms with E-state index in [0.29, 0.717) is 0 Å². The highest BCUT2D eigenvalue weighted by molar-refractivity contribution is 7.02. The van der Waals surface area contributed by atoms with E-state index in [1.54, 1.807) is 0 Å². The summed E-state index contributed by atoms with van der Waals surface area (Å²) in [6.45, 7) is -0.428. The number of benzene rings is 13. The molecule has 0 atom stereocenters. The normalized spacial score (nSPS) is 12.9. The van der Waals surface area contributed by atoms with Crippen LogP contribution in [-0.4, -0.2) is 18.0 Å². The summed E-state index contributed by atoms with van der Waals surface area (Å²) >= 11 is 0. The van der Waals surface area contributed by atoms with E-state index in [2.05, 4.69) is 334 Å². The van der Waals surface area contributed by atoms with Crippen molar-refractivity contribution in [3.05, 3.63) is 309 Å². The molecule has 406 valence electrons. The maximum Gasteiger partial charge on any atom is 0.256 e. The lowest BCUT2D eigenvalue weighted by Gasteiger charge is -2.45. The summed E-state index contributed by atoms with van der Waals surface area (Å²) in [4.78, 5) is 9.68. The van der Waals surface area contributed by atoms with Gasteiger partial charge < -0.3 is 33.6 Å². The van der Waals surface area contributed by atoms with Gasteiger partial charge in [-0.1, -0.05) is 176 Å². The highest BCUT2D eigenvalue weighted by Gasteiger charge is 2.48. The Labute approximate surface area is 505 Å². The van der Waals surface area contributed by atoms with Crippen LogP contribution in [0.3, 0.4) is 0 Å². The summed E-state index contributed by atoms with van der Waals surface area (Å²) < 4.78 is 17.2. The Morgan fingerprint density at radius 1 is 0.253 bits per heavy atom. The van der Waals surface area contributed by atoms with Crippen molar-refractivity contribution >= 4 is 136 Å². The second-order valence-electron chi connectivity index (χ2n) is 22.8. The van der Waals surface area contributed by atoms with Crippen LogP contribution in [-0.2, 0) is 0 Å². The van der Waals surface area contributed by atoms with Gasteiger partial charge in [-0.05, 0) is 148 Å². The number of para-hydroxylation sites is 9. The van der Waals surface area contributed by atoms with Gasteiger partial charge in [-0.25, -0.2) is 0 Å². The lowest BCUT2D eigenvalue weighted by atomic mass is 9.31. The van der Waals surface area contributed by atoms with Gasteiger partial charge in [0.05, 0.1) is 22.4 Å². The molecule has 0 spiro atoms. The molecule has 5 heterocycles. The molecule has 0 radical (unpaired) electrons. The van der Waals surface area contributed by atoms with Crippen molar-refractivity contribution in [1.82, 2.24) is 4.57 Å². The van der Waals surface area contributed by atoms with E-state index in [4.69, 9.17) is 9.47 Å². The molecule has 0 saturated heterocycles. The van der Waals surface area contributed by atoms with E-state index in [1.165, 1.54) is 21.7 Å². The Morgan fingerprint density at radius 3 is 1.11 bits per heavy atom. The summed E-state index contributed by atoms with van der Waals surface area (Å²) in [6.07, 6.45) is 0. The van der Waals surface area contributed by atoms with E-state index >= 15 is 0 Å². The van der Waals surface area contributed by atoms with Gasteiger partial charge in [-0.15, -0.1) is 0 Å². The Kier molecular flexibility index (Phi) is 11.0. The van der Waals surface area contributed by atoms with Crippen molar-refractivity contribution in [1.29, 1.82) is 0 Å². The van der Waals surface area contributed by atoms with Crippen LogP contribution in [0.4, 0.5) is 68.2 Å². The highest BCUT2D eigenvalue weighted by Crippen LogP contribution is 2.50. The van der Waals surface area contributed by atoms with E-state index in [1.807, 2.05) is 0 Å². The fourth-order valence-electron chi connectivity index (χ4n) is 14.4. The fourth-order valence-corrected chi connectivity index (χ4v) is 14.4. The third-order valence-corrected chi connectivity index (χ3v) is 18.0. The molecule has 0 fully saturated rings. The number of rotatable bonds is 9. The molecule has 18 rings (SSSR count). The van der Waals surface area contributed by atoms with Gasteiger partial charge in [0, 0.05) is 91.5 Å². The van der Waals surface area contributed by atoms with Crippen LogP contribution in [0.1, 0.15) is 0 Å². The van der Waals surface area contributed by atoms with Gasteiger partial charge in [0.2, 0.25) is 0 Å². The molecule has 14 aromatic rings. The Morgan fingerprint density at radius 2 is 0.644 bits per heavy atom. The molecule has 0 saturated carbocycles. The van der Waals surface area contributed by atoms with Crippen molar-refractivity contribution in [2.75, 3.05) is 19.6 Å². The molecule has 0 aliphatic carbocycles. The minimum absolute atomic E-state index is 0.188. The van der Waals surface area contributed by atoms with Crippen LogP contribution < -0.4 is 61.9 Å². The first-order chi connectivity index (χ1) is 43.2. The maximum atomic E-state index is 7.60. The minimum atomic E-state index is -0.240. The molecule has 0 unspecified atom stereocenters.